The second kappa shape index (κ2) is 8.19. The van der Waals surface area contributed by atoms with E-state index in [-0.39, 0.29) is 5.91 Å². The Bertz CT molecular complexity index is 706. The quantitative estimate of drug-likeness (QED) is 0.746. The molecule has 1 atom stereocenters. The first-order chi connectivity index (χ1) is 12.2. The maximum atomic E-state index is 12.5. The molecule has 0 saturated heterocycles. The molecule has 1 aliphatic carbocycles. The number of anilines is 1. The van der Waals surface area contributed by atoms with Crippen molar-refractivity contribution in [3.05, 3.63) is 41.1 Å². The maximum absolute atomic E-state index is 12.5. The predicted octanol–water partition coefficient (Wildman–Crippen LogP) is 4.62. The van der Waals surface area contributed by atoms with Crippen LogP contribution in [0.5, 0.6) is 5.75 Å². The molecule has 0 aliphatic heterocycles. The monoisotopic (exact) mass is 342 g/mol. The number of fused-ring (bicyclic) bond motifs is 1. The lowest BCUT2D eigenvalue weighted by Gasteiger charge is -2.16. The van der Waals surface area contributed by atoms with Crippen molar-refractivity contribution in [3.8, 4) is 5.75 Å². The van der Waals surface area contributed by atoms with E-state index < -0.39 is 0 Å². The molecule has 3 rings (SSSR count). The van der Waals surface area contributed by atoms with Crippen molar-refractivity contribution < 1.29 is 14.1 Å². The molecule has 134 valence electrons. The van der Waals surface area contributed by atoms with Crippen LogP contribution in [0.2, 0.25) is 0 Å². The number of aromatic nitrogens is 1. The fourth-order valence-electron chi connectivity index (χ4n) is 3.10. The number of aryl methyl sites for hydroxylation is 1. The summed E-state index contributed by atoms with van der Waals surface area (Å²) in [7, 11) is 0. The molecule has 1 aromatic carbocycles. The normalized spacial score (nSPS) is 16.3. The van der Waals surface area contributed by atoms with Gasteiger partial charge in [0.15, 0.2) is 0 Å². The van der Waals surface area contributed by atoms with Crippen LogP contribution in [-0.2, 0) is 12.8 Å². The molecule has 0 spiro atoms. The van der Waals surface area contributed by atoms with Crippen molar-refractivity contribution in [2.24, 2.45) is 5.92 Å². The second-order valence-corrected chi connectivity index (χ2v) is 6.82. The van der Waals surface area contributed by atoms with Crippen LogP contribution in [0, 0.1) is 5.92 Å². The molecule has 1 aromatic heterocycles. The van der Waals surface area contributed by atoms with Crippen molar-refractivity contribution in [2.75, 3.05) is 11.9 Å². The first-order valence-corrected chi connectivity index (χ1v) is 9.19. The number of nitrogens with one attached hydrogen (secondary N) is 1. The Morgan fingerprint density at radius 2 is 2.12 bits per heavy atom. The van der Waals surface area contributed by atoms with E-state index in [0.717, 1.165) is 42.7 Å². The molecule has 5 heteroatoms. The molecule has 1 aliphatic rings. The van der Waals surface area contributed by atoms with E-state index in [0.29, 0.717) is 24.0 Å². The molecule has 0 radical (unpaired) electrons. The van der Waals surface area contributed by atoms with Crippen LogP contribution in [0.1, 0.15) is 61.1 Å². The molecule has 1 N–H and O–H groups in total. The molecule has 0 bridgehead atoms. The molecular formula is C20H26N2O3. The summed E-state index contributed by atoms with van der Waals surface area (Å²) in [5, 5.41) is 6.95. The van der Waals surface area contributed by atoms with Gasteiger partial charge in [-0.05, 0) is 55.9 Å². The Morgan fingerprint density at radius 3 is 2.88 bits per heavy atom. The number of rotatable bonds is 7. The Labute approximate surface area is 148 Å². The molecule has 0 unspecified atom stereocenters. The lowest BCUT2D eigenvalue weighted by Crippen LogP contribution is -2.15. The minimum Gasteiger partial charge on any atom is -0.494 e. The molecule has 0 saturated carbocycles. The SMILES string of the molecule is CCCCCOc1ccc(C(=O)Nc2onc3c2C[C@@H](C)CC3)cc1. The van der Waals surface area contributed by atoms with Crippen LogP contribution in [0.4, 0.5) is 5.88 Å². The third-order valence-corrected chi connectivity index (χ3v) is 4.66. The van der Waals surface area contributed by atoms with Gasteiger partial charge < -0.3 is 9.26 Å². The van der Waals surface area contributed by atoms with Gasteiger partial charge in [0.25, 0.3) is 5.91 Å². The third kappa shape index (κ3) is 4.41. The van der Waals surface area contributed by atoms with E-state index >= 15 is 0 Å². The Hall–Kier alpha value is -2.30. The topological polar surface area (TPSA) is 64.4 Å². The van der Waals surface area contributed by atoms with Crippen LogP contribution < -0.4 is 10.1 Å². The lowest BCUT2D eigenvalue weighted by molar-refractivity contribution is 0.102. The van der Waals surface area contributed by atoms with Gasteiger partial charge in [-0.3, -0.25) is 10.1 Å². The van der Waals surface area contributed by atoms with Gasteiger partial charge in [0.2, 0.25) is 5.88 Å². The van der Waals surface area contributed by atoms with Crippen LogP contribution in [0.3, 0.4) is 0 Å². The number of benzene rings is 1. The second-order valence-electron chi connectivity index (χ2n) is 6.82. The largest absolute Gasteiger partial charge is 0.494 e. The van der Waals surface area contributed by atoms with Gasteiger partial charge in [-0.25, -0.2) is 0 Å². The molecule has 5 nitrogen and oxygen atoms in total. The Balaban J connectivity index is 1.59. The summed E-state index contributed by atoms with van der Waals surface area (Å²) in [6.45, 7) is 5.09. The van der Waals surface area contributed by atoms with Crippen molar-refractivity contribution in [2.45, 2.75) is 52.4 Å². The Morgan fingerprint density at radius 1 is 1.32 bits per heavy atom. The smallest absolute Gasteiger partial charge is 0.258 e. The fourth-order valence-corrected chi connectivity index (χ4v) is 3.10. The summed E-state index contributed by atoms with van der Waals surface area (Å²) < 4.78 is 11.0. The Kier molecular flexibility index (Phi) is 5.74. The van der Waals surface area contributed by atoms with Gasteiger partial charge in [0.05, 0.1) is 12.3 Å². The number of nitrogens with zero attached hydrogens (tertiary/aromatic N) is 1. The fraction of sp³-hybridized carbons (Fsp3) is 0.500. The van der Waals surface area contributed by atoms with Gasteiger partial charge in [-0.1, -0.05) is 31.8 Å². The lowest BCUT2D eigenvalue weighted by atomic mass is 9.89. The van der Waals surface area contributed by atoms with E-state index in [9.17, 15) is 4.79 Å². The number of hydrogen-bond donors (Lipinski definition) is 1. The predicted molar refractivity (Wildman–Crippen MR) is 97.1 cm³/mol. The van der Waals surface area contributed by atoms with E-state index in [1.165, 1.54) is 12.8 Å². The summed E-state index contributed by atoms with van der Waals surface area (Å²) in [6.07, 6.45) is 6.33. The standard InChI is InChI=1S/C20H26N2O3/c1-3-4-5-12-24-16-9-7-15(8-10-16)19(23)21-20-17-13-14(2)6-11-18(17)22-25-20/h7-10,14H,3-6,11-13H2,1-2H3,(H,21,23)/t14-/m0/s1. The average Bonchev–Trinajstić information content (AvgIpc) is 3.01. The summed E-state index contributed by atoms with van der Waals surface area (Å²) in [4.78, 5) is 12.5. The first-order valence-electron chi connectivity index (χ1n) is 9.19. The number of hydrogen-bond acceptors (Lipinski definition) is 4. The molecule has 0 fully saturated rings. The minimum atomic E-state index is -0.185. The van der Waals surface area contributed by atoms with E-state index in [2.05, 4.69) is 24.3 Å². The summed E-state index contributed by atoms with van der Waals surface area (Å²) in [5.74, 6) is 1.69. The highest BCUT2D eigenvalue weighted by Gasteiger charge is 2.24. The molecular weight excluding hydrogens is 316 g/mol. The van der Waals surface area contributed by atoms with Crippen LogP contribution in [0.25, 0.3) is 0 Å². The number of carbonyl (C=O) groups excluding carboxylic acids is 1. The minimum absolute atomic E-state index is 0.185. The van der Waals surface area contributed by atoms with Gasteiger partial charge >= 0.3 is 0 Å². The zero-order valence-electron chi connectivity index (χ0n) is 15.0. The number of carbonyl (C=O) groups is 1. The van der Waals surface area contributed by atoms with Crippen LogP contribution in [0.15, 0.2) is 28.8 Å². The summed E-state index contributed by atoms with van der Waals surface area (Å²) in [5.41, 5.74) is 2.60. The number of ether oxygens (including phenoxy) is 1. The first kappa shape index (κ1) is 17.5. The van der Waals surface area contributed by atoms with Crippen molar-refractivity contribution in [3.63, 3.8) is 0 Å². The molecule has 1 heterocycles. The molecule has 25 heavy (non-hydrogen) atoms. The van der Waals surface area contributed by atoms with Crippen LogP contribution in [-0.4, -0.2) is 17.7 Å². The van der Waals surface area contributed by atoms with Gasteiger partial charge in [-0.2, -0.15) is 0 Å². The van der Waals surface area contributed by atoms with Crippen molar-refractivity contribution in [1.82, 2.24) is 5.16 Å². The van der Waals surface area contributed by atoms with Gasteiger partial charge in [0, 0.05) is 11.1 Å². The highest BCUT2D eigenvalue weighted by atomic mass is 16.5. The maximum Gasteiger partial charge on any atom is 0.258 e. The molecule has 2 aromatic rings. The van der Waals surface area contributed by atoms with Crippen LogP contribution >= 0.6 is 0 Å². The zero-order valence-corrected chi connectivity index (χ0v) is 15.0. The summed E-state index contributed by atoms with van der Waals surface area (Å²) in [6, 6.07) is 7.21. The third-order valence-electron chi connectivity index (χ3n) is 4.66. The highest BCUT2D eigenvalue weighted by Crippen LogP contribution is 2.30. The van der Waals surface area contributed by atoms with Crippen molar-refractivity contribution >= 4 is 11.8 Å². The van der Waals surface area contributed by atoms with Gasteiger partial charge in [0.1, 0.15) is 5.75 Å². The zero-order chi connectivity index (χ0) is 17.6. The summed E-state index contributed by atoms with van der Waals surface area (Å²) >= 11 is 0. The number of amides is 1. The van der Waals surface area contributed by atoms with E-state index in [1.807, 2.05) is 12.1 Å². The van der Waals surface area contributed by atoms with Gasteiger partial charge in [-0.15, -0.1) is 0 Å². The molecule has 1 amide bonds. The number of unbranched alkanes of at least 4 members (excludes halogenated alkanes) is 2. The average molecular weight is 342 g/mol. The van der Waals surface area contributed by atoms with E-state index in [4.69, 9.17) is 9.26 Å². The van der Waals surface area contributed by atoms with E-state index in [1.54, 1.807) is 12.1 Å². The highest BCUT2D eigenvalue weighted by molar-refractivity contribution is 6.04. The van der Waals surface area contributed by atoms with Crippen molar-refractivity contribution in [1.29, 1.82) is 0 Å².